The van der Waals surface area contributed by atoms with Crippen LogP contribution in [0.3, 0.4) is 0 Å². The third-order valence-corrected chi connectivity index (χ3v) is 4.97. The summed E-state index contributed by atoms with van der Waals surface area (Å²) in [4.78, 5) is 28.5. The molecule has 0 fully saturated rings. The highest BCUT2D eigenvalue weighted by atomic mass is 16.5. The lowest BCUT2D eigenvalue weighted by Crippen LogP contribution is -2.30. The largest absolute Gasteiger partial charge is 0.490 e. The van der Waals surface area contributed by atoms with E-state index in [9.17, 15) is 9.90 Å². The zero-order valence-corrected chi connectivity index (χ0v) is 19.5. The Morgan fingerprint density at radius 2 is 1.94 bits per heavy atom. The van der Waals surface area contributed by atoms with Crippen molar-refractivity contribution in [1.29, 1.82) is 0 Å². The van der Waals surface area contributed by atoms with Crippen molar-refractivity contribution in [2.75, 3.05) is 25.1 Å². The molecule has 0 saturated heterocycles. The molecular formula is C24H34N4O3. The van der Waals surface area contributed by atoms with E-state index in [0.717, 1.165) is 36.3 Å². The van der Waals surface area contributed by atoms with Crippen LogP contribution < -0.4 is 9.64 Å². The van der Waals surface area contributed by atoms with Gasteiger partial charge in [-0.25, -0.2) is 9.97 Å². The molecule has 0 aliphatic heterocycles. The molecule has 2 heterocycles. The second-order valence-electron chi connectivity index (χ2n) is 10.3. The summed E-state index contributed by atoms with van der Waals surface area (Å²) in [5, 5.41) is 9.91. The molecule has 0 bridgehead atoms. The lowest BCUT2D eigenvalue weighted by Gasteiger charge is -2.23. The van der Waals surface area contributed by atoms with Crippen LogP contribution in [0.25, 0.3) is 11.5 Å². The van der Waals surface area contributed by atoms with Crippen LogP contribution in [0.4, 0.5) is 5.82 Å². The van der Waals surface area contributed by atoms with Crippen molar-refractivity contribution in [3.63, 3.8) is 0 Å². The van der Waals surface area contributed by atoms with Crippen LogP contribution in [0.15, 0.2) is 18.3 Å². The van der Waals surface area contributed by atoms with Gasteiger partial charge in [0.15, 0.2) is 11.6 Å². The maximum absolute atomic E-state index is 12.6. The van der Waals surface area contributed by atoms with Crippen LogP contribution in [0.2, 0.25) is 0 Å². The van der Waals surface area contributed by atoms with Gasteiger partial charge in [0.25, 0.3) is 0 Å². The molecule has 1 N–H and O–H groups in total. The van der Waals surface area contributed by atoms with Gasteiger partial charge in [-0.1, -0.05) is 20.8 Å². The van der Waals surface area contributed by atoms with Gasteiger partial charge in [0.05, 0.1) is 12.1 Å². The number of nitrogens with zero attached hydrogens (tertiary/aromatic N) is 4. The van der Waals surface area contributed by atoms with Gasteiger partial charge >= 0.3 is 0 Å². The highest BCUT2D eigenvalue weighted by Gasteiger charge is 2.25. The summed E-state index contributed by atoms with van der Waals surface area (Å²) in [6.07, 6.45) is 5.04. The van der Waals surface area contributed by atoms with E-state index in [2.05, 4.69) is 25.8 Å². The number of hydrogen-bond acceptors (Lipinski definition) is 7. The number of rotatable bonds is 8. The lowest BCUT2D eigenvalue weighted by molar-refractivity contribution is -0.119. The maximum Gasteiger partial charge on any atom is 0.180 e. The number of ketones is 1. The molecule has 31 heavy (non-hydrogen) atoms. The van der Waals surface area contributed by atoms with Gasteiger partial charge in [-0.15, -0.1) is 0 Å². The number of anilines is 1. The molecule has 2 aromatic rings. The van der Waals surface area contributed by atoms with E-state index in [1.54, 1.807) is 32.2 Å². The molecule has 0 spiro atoms. The topological polar surface area (TPSA) is 88.4 Å². The van der Waals surface area contributed by atoms with Crippen LogP contribution >= 0.6 is 0 Å². The number of fused-ring (bicyclic) bond motifs is 1. The normalized spacial score (nSPS) is 13.8. The monoisotopic (exact) mass is 426 g/mol. The highest BCUT2D eigenvalue weighted by Crippen LogP contribution is 2.31. The molecule has 1 aliphatic rings. The number of likely N-dealkylation sites (N-methyl/N-ethyl adjacent to an activating group) is 1. The Kier molecular flexibility index (Phi) is 6.65. The number of pyridine rings is 1. The fraction of sp³-hybridized carbons (Fsp3) is 0.583. The Hall–Kier alpha value is -2.54. The summed E-state index contributed by atoms with van der Waals surface area (Å²) in [7, 11) is 1.92. The molecule has 0 atom stereocenters. The van der Waals surface area contributed by atoms with Gasteiger partial charge in [0, 0.05) is 37.0 Å². The minimum absolute atomic E-state index is 0.0375. The molecule has 7 nitrogen and oxygen atoms in total. The van der Waals surface area contributed by atoms with E-state index < -0.39 is 5.60 Å². The molecule has 0 aromatic carbocycles. The molecule has 0 saturated carbocycles. The third-order valence-electron chi connectivity index (χ3n) is 4.97. The predicted molar refractivity (Wildman–Crippen MR) is 121 cm³/mol. The molecular weight excluding hydrogens is 392 g/mol. The molecule has 168 valence electrons. The first-order valence-corrected chi connectivity index (χ1v) is 10.9. The summed E-state index contributed by atoms with van der Waals surface area (Å²) >= 11 is 0. The van der Waals surface area contributed by atoms with E-state index in [0.29, 0.717) is 30.2 Å². The number of ether oxygens (including phenoxy) is 1. The van der Waals surface area contributed by atoms with E-state index in [4.69, 9.17) is 14.7 Å². The van der Waals surface area contributed by atoms with Gasteiger partial charge in [-0.05, 0) is 44.6 Å². The Morgan fingerprint density at radius 1 is 1.19 bits per heavy atom. The van der Waals surface area contributed by atoms with Crippen molar-refractivity contribution in [2.45, 2.75) is 65.9 Å². The van der Waals surface area contributed by atoms with E-state index in [1.807, 2.05) is 11.9 Å². The maximum atomic E-state index is 12.6. The first kappa shape index (κ1) is 23.1. The van der Waals surface area contributed by atoms with Crippen LogP contribution in [0.5, 0.6) is 5.75 Å². The summed E-state index contributed by atoms with van der Waals surface area (Å²) in [6, 6.07) is 3.54. The number of aliphatic hydroxyl groups is 1. The standard InChI is InChI=1S/C24H34N4O3/c1-23(2,3)13-16(29)14-28(6)22-18-8-7-9-19(18)26-21(27-22)20-12-17(10-11-25-20)31-15-24(4,5)30/h10-12,30H,7-9,13-15H2,1-6H3. The molecule has 3 rings (SSSR count). The fourth-order valence-electron chi connectivity index (χ4n) is 3.71. The molecule has 0 radical (unpaired) electrons. The SMILES string of the molecule is CN(CC(=O)CC(C)(C)C)c1nc(-c2cc(OCC(C)(C)O)ccn2)nc2c1CCC2. The Morgan fingerprint density at radius 3 is 2.61 bits per heavy atom. The Balaban J connectivity index is 1.87. The van der Waals surface area contributed by atoms with Crippen molar-refractivity contribution in [3.05, 3.63) is 29.6 Å². The number of hydrogen-bond donors (Lipinski definition) is 1. The minimum Gasteiger partial charge on any atom is -0.490 e. The molecule has 1 aliphatic carbocycles. The fourth-order valence-corrected chi connectivity index (χ4v) is 3.71. The second-order valence-corrected chi connectivity index (χ2v) is 10.3. The number of Topliss-reactive ketones (excluding diaryl/α,β-unsaturated/α-hetero) is 1. The van der Waals surface area contributed by atoms with Gasteiger partial charge in [0.1, 0.15) is 23.9 Å². The Bertz CT molecular complexity index is 945. The zero-order valence-electron chi connectivity index (χ0n) is 19.5. The van der Waals surface area contributed by atoms with Crippen molar-refractivity contribution in [3.8, 4) is 17.3 Å². The second kappa shape index (κ2) is 8.91. The van der Waals surface area contributed by atoms with Crippen LogP contribution in [0, 0.1) is 5.41 Å². The van der Waals surface area contributed by atoms with Crippen LogP contribution in [-0.4, -0.2) is 51.6 Å². The van der Waals surface area contributed by atoms with Gasteiger partial charge in [-0.2, -0.15) is 0 Å². The quantitative estimate of drug-likeness (QED) is 0.690. The van der Waals surface area contributed by atoms with Crippen molar-refractivity contribution < 1.29 is 14.6 Å². The van der Waals surface area contributed by atoms with Crippen molar-refractivity contribution in [1.82, 2.24) is 15.0 Å². The molecule has 2 aromatic heterocycles. The molecule has 0 unspecified atom stereocenters. The predicted octanol–water partition coefficient (Wildman–Crippen LogP) is 3.62. The number of aromatic nitrogens is 3. The van der Waals surface area contributed by atoms with Gasteiger partial charge < -0.3 is 14.7 Å². The van der Waals surface area contributed by atoms with Gasteiger partial charge in [0.2, 0.25) is 0 Å². The minimum atomic E-state index is -0.928. The molecule has 0 amide bonds. The average molecular weight is 427 g/mol. The number of carbonyl (C=O) groups is 1. The smallest absolute Gasteiger partial charge is 0.180 e. The van der Waals surface area contributed by atoms with Crippen LogP contribution in [-0.2, 0) is 17.6 Å². The highest BCUT2D eigenvalue weighted by molar-refractivity contribution is 5.84. The van der Waals surface area contributed by atoms with E-state index in [1.165, 1.54) is 0 Å². The Labute approximate surface area is 184 Å². The van der Waals surface area contributed by atoms with Crippen molar-refractivity contribution >= 4 is 11.6 Å². The first-order valence-electron chi connectivity index (χ1n) is 10.9. The third kappa shape index (κ3) is 6.47. The summed E-state index contributed by atoms with van der Waals surface area (Å²) < 4.78 is 5.70. The summed E-state index contributed by atoms with van der Waals surface area (Å²) in [6.45, 7) is 10.1. The van der Waals surface area contributed by atoms with Crippen LogP contribution in [0.1, 0.15) is 58.7 Å². The summed E-state index contributed by atoms with van der Waals surface area (Å²) in [5.41, 5.74) is 1.80. The van der Waals surface area contributed by atoms with Crippen molar-refractivity contribution in [2.24, 2.45) is 5.41 Å². The first-order chi connectivity index (χ1) is 14.4. The zero-order chi connectivity index (χ0) is 22.8. The number of carbonyl (C=O) groups excluding carboxylic acids is 1. The lowest BCUT2D eigenvalue weighted by atomic mass is 9.90. The molecule has 7 heteroatoms. The van der Waals surface area contributed by atoms with E-state index >= 15 is 0 Å². The average Bonchev–Trinajstić information content (AvgIpc) is 3.12. The van der Waals surface area contributed by atoms with Gasteiger partial charge in [-0.3, -0.25) is 9.78 Å². The van der Waals surface area contributed by atoms with E-state index in [-0.39, 0.29) is 17.8 Å². The number of aryl methyl sites for hydroxylation is 1. The summed E-state index contributed by atoms with van der Waals surface area (Å²) in [5.74, 6) is 2.14.